The van der Waals surface area contributed by atoms with Crippen molar-refractivity contribution in [3.8, 4) is 16.9 Å². The second-order valence-electron chi connectivity index (χ2n) is 7.41. The molecule has 0 atom stereocenters. The van der Waals surface area contributed by atoms with Gasteiger partial charge in [0.15, 0.2) is 0 Å². The van der Waals surface area contributed by atoms with Crippen molar-refractivity contribution in [2.45, 2.75) is 51.5 Å². The van der Waals surface area contributed by atoms with Crippen LogP contribution in [0.5, 0.6) is 5.75 Å². The summed E-state index contributed by atoms with van der Waals surface area (Å²) in [6.45, 7) is 3.53. The number of carbonyl (C=O) groups excluding carboxylic acids is 1. The molecule has 1 aliphatic rings. The Morgan fingerprint density at radius 2 is 1.89 bits per heavy atom. The number of hydrogen-bond donors (Lipinski definition) is 2. The number of amides is 1. The number of aryl methyl sites for hydroxylation is 1. The lowest BCUT2D eigenvalue weighted by molar-refractivity contribution is 0.1000. The molecule has 0 saturated heterocycles. The molecule has 3 N–H and O–H groups in total. The van der Waals surface area contributed by atoms with Crippen LogP contribution in [0.15, 0.2) is 42.5 Å². The molecular weight excluding hydrogens is 336 g/mol. The molecular formula is C23H30N2O2. The van der Waals surface area contributed by atoms with Crippen LogP contribution in [-0.4, -0.2) is 25.1 Å². The Labute approximate surface area is 162 Å². The lowest BCUT2D eigenvalue weighted by Crippen LogP contribution is -2.32. The molecule has 4 nitrogen and oxygen atoms in total. The lowest BCUT2D eigenvalue weighted by atomic mass is 9.98. The fourth-order valence-corrected chi connectivity index (χ4v) is 3.81. The Kier molecular flexibility index (Phi) is 6.88. The van der Waals surface area contributed by atoms with Gasteiger partial charge in [-0.2, -0.15) is 0 Å². The SMILES string of the molecule is Cc1cc(C(N)=O)ccc1-c1cccc(OCCNC2CCCCCC2)c1. The molecule has 1 saturated carbocycles. The minimum atomic E-state index is -0.400. The Hall–Kier alpha value is -2.33. The van der Waals surface area contributed by atoms with Crippen LogP contribution in [0.2, 0.25) is 0 Å². The molecule has 2 aromatic carbocycles. The monoisotopic (exact) mass is 366 g/mol. The second-order valence-corrected chi connectivity index (χ2v) is 7.41. The number of primary amides is 1. The first-order chi connectivity index (χ1) is 13.1. The maximum Gasteiger partial charge on any atom is 0.248 e. The Balaban J connectivity index is 1.56. The molecule has 1 amide bonds. The molecule has 27 heavy (non-hydrogen) atoms. The zero-order valence-corrected chi connectivity index (χ0v) is 16.2. The highest BCUT2D eigenvalue weighted by Crippen LogP contribution is 2.27. The van der Waals surface area contributed by atoms with Crippen LogP contribution in [0.1, 0.15) is 54.4 Å². The van der Waals surface area contributed by atoms with E-state index in [2.05, 4.69) is 17.4 Å². The summed E-state index contributed by atoms with van der Waals surface area (Å²) in [5.41, 5.74) is 9.09. The van der Waals surface area contributed by atoms with E-state index in [1.165, 1.54) is 38.5 Å². The van der Waals surface area contributed by atoms with Gasteiger partial charge in [0.1, 0.15) is 12.4 Å². The highest BCUT2D eigenvalue weighted by molar-refractivity contribution is 5.93. The molecule has 0 spiro atoms. The third-order valence-electron chi connectivity index (χ3n) is 5.31. The van der Waals surface area contributed by atoms with Gasteiger partial charge in [-0.05, 0) is 60.7 Å². The number of carbonyl (C=O) groups is 1. The van der Waals surface area contributed by atoms with Crippen molar-refractivity contribution in [3.05, 3.63) is 53.6 Å². The third kappa shape index (κ3) is 5.57. The maximum atomic E-state index is 11.3. The average Bonchev–Trinajstić information content (AvgIpc) is 2.94. The smallest absolute Gasteiger partial charge is 0.248 e. The van der Waals surface area contributed by atoms with Crippen LogP contribution < -0.4 is 15.8 Å². The topological polar surface area (TPSA) is 64.4 Å². The predicted molar refractivity (Wildman–Crippen MR) is 110 cm³/mol. The van der Waals surface area contributed by atoms with Crippen molar-refractivity contribution in [2.75, 3.05) is 13.2 Å². The van der Waals surface area contributed by atoms with E-state index >= 15 is 0 Å². The van der Waals surface area contributed by atoms with Gasteiger partial charge in [0.2, 0.25) is 5.91 Å². The van der Waals surface area contributed by atoms with E-state index in [0.29, 0.717) is 18.2 Å². The number of ether oxygens (including phenoxy) is 1. The summed E-state index contributed by atoms with van der Waals surface area (Å²) in [6.07, 6.45) is 8.01. The van der Waals surface area contributed by atoms with Crippen LogP contribution in [-0.2, 0) is 0 Å². The molecule has 0 bridgehead atoms. The van der Waals surface area contributed by atoms with Gasteiger partial charge < -0.3 is 15.8 Å². The van der Waals surface area contributed by atoms with Gasteiger partial charge in [0.05, 0.1) is 0 Å². The summed E-state index contributed by atoms with van der Waals surface area (Å²) in [4.78, 5) is 11.3. The summed E-state index contributed by atoms with van der Waals surface area (Å²) in [5.74, 6) is 0.469. The number of nitrogens with two attached hydrogens (primary N) is 1. The van der Waals surface area contributed by atoms with E-state index in [0.717, 1.165) is 29.0 Å². The Bertz CT molecular complexity index is 765. The molecule has 3 rings (SSSR count). The number of hydrogen-bond acceptors (Lipinski definition) is 3. The molecule has 4 heteroatoms. The fraction of sp³-hybridized carbons (Fsp3) is 0.435. The normalized spacial score (nSPS) is 15.3. The van der Waals surface area contributed by atoms with Crippen molar-refractivity contribution in [2.24, 2.45) is 5.73 Å². The average molecular weight is 367 g/mol. The number of benzene rings is 2. The van der Waals surface area contributed by atoms with Gasteiger partial charge in [-0.1, -0.05) is 43.9 Å². The highest BCUT2D eigenvalue weighted by atomic mass is 16.5. The fourth-order valence-electron chi connectivity index (χ4n) is 3.81. The zero-order chi connectivity index (χ0) is 19.1. The Morgan fingerprint density at radius 1 is 1.11 bits per heavy atom. The second kappa shape index (κ2) is 9.56. The van der Waals surface area contributed by atoms with E-state index in [1.54, 1.807) is 6.07 Å². The van der Waals surface area contributed by atoms with E-state index in [4.69, 9.17) is 10.5 Å². The van der Waals surface area contributed by atoms with E-state index in [9.17, 15) is 4.79 Å². The maximum absolute atomic E-state index is 11.3. The van der Waals surface area contributed by atoms with E-state index in [1.807, 2.05) is 31.2 Å². The number of nitrogens with one attached hydrogen (secondary N) is 1. The standard InChI is InChI=1S/C23H30N2O2/c1-17-15-19(23(24)26)11-12-22(17)18-7-6-10-21(16-18)27-14-13-25-20-8-4-2-3-5-9-20/h6-7,10-12,15-16,20,25H,2-5,8-9,13-14H2,1H3,(H2,24,26). The highest BCUT2D eigenvalue weighted by Gasteiger charge is 2.11. The van der Waals surface area contributed by atoms with Crippen molar-refractivity contribution < 1.29 is 9.53 Å². The lowest BCUT2D eigenvalue weighted by Gasteiger charge is -2.16. The molecule has 2 aromatic rings. The molecule has 0 unspecified atom stereocenters. The van der Waals surface area contributed by atoms with Crippen molar-refractivity contribution >= 4 is 5.91 Å². The van der Waals surface area contributed by atoms with Crippen LogP contribution >= 0.6 is 0 Å². The summed E-state index contributed by atoms with van der Waals surface area (Å²) in [5, 5.41) is 3.64. The van der Waals surface area contributed by atoms with Gasteiger partial charge >= 0.3 is 0 Å². The van der Waals surface area contributed by atoms with Crippen LogP contribution in [0.4, 0.5) is 0 Å². The first-order valence-electron chi connectivity index (χ1n) is 10.0. The quantitative estimate of drug-likeness (QED) is 0.562. The van der Waals surface area contributed by atoms with Crippen LogP contribution in [0.25, 0.3) is 11.1 Å². The molecule has 144 valence electrons. The molecule has 0 aliphatic heterocycles. The van der Waals surface area contributed by atoms with Gasteiger partial charge in [0, 0.05) is 18.2 Å². The summed E-state index contributed by atoms with van der Waals surface area (Å²) in [6, 6.07) is 14.3. The summed E-state index contributed by atoms with van der Waals surface area (Å²) < 4.78 is 5.96. The van der Waals surface area contributed by atoms with Gasteiger partial charge in [-0.3, -0.25) is 4.79 Å². The minimum absolute atomic E-state index is 0.400. The third-order valence-corrected chi connectivity index (χ3v) is 5.31. The van der Waals surface area contributed by atoms with Crippen molar-refractivity contribution in [1.29, 1.82) is 0 Å². The molecule has 1 fully saturated rings. The summed E-state index contributed by atoms with van der Waals surface area (Å²) >= 11 is 0. The molecule has 0 aromatic heterocycles. The largest absolute Gasteiger partial charge is 0.492 e. The van der Waals surface area contributed by atoms with E-state index in [-0.39, 0.29) is 0 Å². The summed E-state index contributed by atoms with van der Waals surface area (Å²) in [7, 11) is 0. The van der Waals surface area contributed by atoms with Gasteiger partial charge in [-0.25, -0.2) is 0 Å². The van der Waals surface area contributed by atoms with E-state index < -0.39 is 5.91 Å². The molecule has 0 radical (unpaired) electrons. The molecule has 1 aliphatic carbocycles. The Morgan fingerprint density at radius 3 is 2.59 bits per heavy atom. The van der Waals surface area contributed by atoms with Crippen molar-refractivity contribution in [3.63, 3.8) is 0 Å². The number of rotatable bonds is 7. The van der Waals surface area contributed by atoms with Crippen molar-refractivity contribution in [1.82, 2.24) is 5.32 Å². The first kappa shape index (κ1) is 19.4. The predicted octanol–water partition coefficient (Wildman–Crippen LogP) is 4.45. The first-order valence-corrected chi connectivity index (χ1v) is 10.0. The van der Waals surface area contributed by atoms with Crippen LogP contribution in [0, 0.1) is 6.92 Å². The minimum Gasteiger partial charge on any atom is -0.492 e. The van der Waals surface area contributed by atoms with Gasteiger partial charge in [0.25, 0.3) is 0 Å². The zero-order valence-electron chi connectivity index (χ0n) is 16.2. The van der Waals surface area contributed by atoms with Gasteiger partial charge in [-0.15, -0.1) is 0 Å². The molecule has 0 heterocycles. The van der Waals surface area contributed by atoms with Crippen LogP contribution in [0.3, 0.4) is 0 Å².